The second-order valence-electron chi connectivity index (χ2n) is 3.42. The van der Waals surface area contributed by atoms with Gasteiger partial charge >= 0.3 is 0 Å². The van der Waals surface area contributed by atoms with Gasteiger partial charge < -0.3 is 4.74 Å². The summed E-state index contributed by atoms with van der Waals surface area (Å²) in [5.41, 5.74) is 0.801. The molecular formula is C11H16ClNO3S. The maximum Gasteiger partial charge on any atom is 0.211 e. The lowest BCUT2D eigenvalue weighted by atomic mass is 10.2. The van der Waals surface area contributed by atoms with Crippen molar-refractivity contribution in [2.45, 2.75) is 20.4 Å². The summed E-state index contributed by atoms with van der Waals surface area (Å²) in [6.45, 7) is 4.25. The Bertz CT molecular complexity index is 474. The first-order valence-corrected chi connectivity index (χ1v) is 7.40. The standard InChI is InChI=1S/C11H16ClNO3S/c1-3-16-11-6-5-9(7-10(11)12)8-13-17(14,15)4-2/h5-7,13H,3-4,8H2,1-2H3. The minimum atomic E-state index is -3.18. The van der Waals surface area contributed by atoms with Crippen LogP contribution in [0.4, 0.5) is 0 Å². The quantitative estimate of drug-likeness (QED) is 0.867. The molecule has 0 aliphatic heterocycles. The van der Waals surface area contributed by atoms with E-state index >= 15 is 0 Å². The van der Waals surface area contributed by atoms with Crippen LogP contribution >= 0.6 is 11.6 Å². The maximum atomic E-state index is 11.3. The number of halogens is 1. The highest BCUT2D eigenvalue weighted by atomic mass is 35.5. The van der Waals surface area contributed by atoms with E-state index in [0.29, 0.717) is 17.4 Å². The van der Waals surface area contributed by atoms with Crippen LogP contribution in [0, 0.1) is 0 Å². The smallest absolute Gasteiger partial charge is 0.211 e. The predicted molar refractivity (Wildman–Crippen MR) is 68.9 cm³/mol. The molecule has 0 radical (unpaired) electrons. The Balaban J connectivity index is 2.71. The Kier molecular flexibility index (Phi) is 5.24. The van der Waals surface area contributed by atoms with E-state index in [1.165, 1.54) is 0 Å². The molecule has 1 N–H and O–H groups in total. The summed E-state index contributed by atoms with van der Waals surface area (Å²) >= 11 is 5.99. The van der Waals surface area contributed by atoms with Gasteiger partial charge in [0, 0.05) is 6.54 Å². The van der Waals surface area contributed by atoms with Gasteiger partial charge in [-0.15, -0.1) is 0 Å². The van der Waals surface area contributed by atoms with Crippen molar-refractivity contribution in [3.05, 3.63) is 28.8 Å². The third-order valence-corrected chi connectivity index (χ3v) is 3.81. The highest BCUT2D eigenvalue weighted by Gasteiger charge is 2.07. The lowest BCUT2D eigenvalue weighted by molar-refractivity contribution is 0.340. The number of hydrogen-bond acceptors (Lipinski definition) is 3. The molecule has 0 heterocycles. The summed E-state index contributed by atoms with van der Waals surface area (Å²) in [6.07, 6.45) is 0. The molecule has 17 heavy (non-hydrogen) atoms. The summed E-state index contributed by atoms with van der Waals surface area (Å²) in [7, 11) is -3.18. The first-order valence-electron chi connectivity index (χ1n) is 5.37. The van der Waals surface area contributed by atoms with Crippen LogP contribution in [0.5, 0.6) is 5.75 Å². The van der Waals surface area contributed by atoms with Gasteiger partial charge in [-0.05, 0) is 31.5 Å². The molecule has 0 fully saturated rings. The van der Waals surface area contributed by atoms with Gasteiger partial charge in [0.1, 0.15) is 5.75 Å². The topological polar surface area (TPSA) is 55.4 Å². The summed E-state index contributed by atoms with van der Waals surface area (Å²) in [5, 5.41) is 0.486. The van der Waals surface area contributed by atoms with Crippen LogP contribution in [0.2, 0.25) is 5.02 Å². The molecule has 1 aromatic carbocycles. The molecule has 0 aromatic heterocycles. The first-order chi connectivity index (χ1) is 7.98. The number of hydrogen-bond donors (Lipinski definition) is 1. The van der Waals surface area contributed by atoms with E-state index in [1.807, 2.05) is 6.92 Å². The Morgan fingerprint density at radius 1 is 1.35 bits per heavy atom. The second kappa shape index (κ2) is 6.23. The summed E-state index contributed by atoms with van der Waals surface area (Å²) in [4.78, 5) is 0. The number of ether oxygens (including phenoxy) is 1. The van der Waals surface area contributed by atoms with Crippen LogP contribution in [0.15, 0.2) is 18.2 Å². The summed E-state index contributed by atoms with van der Waals surface area (Å²) < 4.78 is 30.3. The molecule has 0 unspecified atom stereocenters. The molecule has 0 aliphatic rings. The Morgan fingerprint density at radius 2 is 2.06 bits per heavy atom. The van der Waals surface area contributed by atoms with E-state index in [-0.39, 0.29) is 12.3 Å². The lowest BCUT2D eigenvalue weighted by Crippen LogP contribution is -2.24. The highest BCUT2D eigenvalue weighted by molar-refractivity contribution is 7.89. The van der Waals surface area contributed by atoms with Crippen LogP contribution in [0.1, 0.15) is 19.4 Å². The molecule has 0 bridgehead atoms. The van der Waals surface area contributed by atoms with Crippen LogP contribution < -0.4 is 9.46 Å². The van der Waals surface area contributed by atoms with Crippen LogP contribution in [0.3, 0.4) is 0 Å². The third kappa shape index (κ3) is 4.53. The molecule has 1 rings (SSSR count). The van der Waals surface area contributed by atoms with Crippen molar-refractivity contribution in [1.29, 1.82) is 0 Å². The zero-order valence-corrected chi connectivity index (χ0v) is 11.4. The van der Waals surface area contributed by atoms with E-state index in [4.69, 9.17) is 16.3 Å². The minimum Gasteiger partial charge on any atom is -0.492 e. The number of nitrogens with one attached hydrogen (secondary N) is 1. The largest absolute Gasteiger partial charge is 0.492 e. The molecule has 0 aliphatic carbocycles. The summed E-state index contributed by atoms with van der Waals surface area (Å²) in [5.74, 6) is 0.675. The molecule has 0 saturated carbocycles. The number of benzene rings is 1. The van der Waals surface area contributed by atoms with Gasteiger partial charge in [-0.2, -0.15) is 0 Å². The zero-order chi connectivity index (χ0) is 12.9. The normalized spacial score (nSPS) is 11.5. The Labute approximate surface area is 107 Å². The van der Waals surface area contributed by atoms with Gasteiger partial charge in [-0.25, -0.2) is 13.1 Å². The first kappa shape index (κ1) is 14.3. The van der Waals surface area contributed by atoms with Gasteiger partial charge in [-0.3, -0.25) is 0 Å². The van der Waals surface area contributed by atoms with Crippen LogP contribution in [-0.4, -0.2) is 20.8 Å². The molecule has 0 atom stereocenters. The number of sulfonamides is 1. The van der Waals surface area contributed by atoms with E-state index in [0.717, 1.165) is 5.56 Å². The van der Waals surface area contributed by atoms with Crippen molar-refractivity contribution >= 4 is 21.6 Å². The van der Waals surface area contributed by atoms with Crippen LogP contribution in [-0.2, 0) is 16.6 Å². The molecule has 96 valence electrons. The molecule has 4 nitrogen and oxygen atoms in total. The van der Waals surface area contributed by atoms with Crippen molar-refractivity contribution in [3.63, 3.8) is 0 Å². The van der Waals surface area contributed by atoms with E-state index < -0.39 is 10.0 Å². The minimum absolute atomic E-state index is 0.0672. The fourth-order valence-corrected chi connectivity index (χ4v) is 2.07. The van der Waals surface area contributed by atoms with Gasteiger partial charge in [0.15, 0.2) is 0 Å². The monoisotopic (exact) mass is 277 g/mol. The molecule has 0 saturated heterocycles. The fraction of sp³-hybridized carbons (Fsp3) is 0.455. The van der Waals surface area contributed by atoms with Gasteiger partial charge in [0.25, 0.3) is 0 Å². The van der Waals surface area contributed by atoms with Gasteiger partial charge in [0.05, 0.1) is 17.4 Å². The lowest BCUT2D eigenvalue weighted by Gasteiger charge is -2.08. The maximum absolute atomic E-state index is 11.3. The van der Waals surface area contributed by atoms with Crippen molar-refractivity contribution in [3.8, 4) is 5.75 Å². The van der Waals surface area contributed by atoms with E-state index in [9.17, 15) is 8.42 Å². The molecule has 1 aromatic rings. The van der Waals surface area contributed by atoms with Crippen molar-refractivity contribution in [2.75, 3.05) is 12.4 Å². The second-order valence-corrected chi connectivity index (χ2v) is 5.93. The van der Waals surface area contributed by atoms with Gasteiger partial charge in [-0.1, -0.05) is 17.7 Å². The third-order valence-electron chi connectivity index (χ3n) is 2.17. The van der Waals surface area contributed by atoms with E-state index in [2.05, 4.69) is 4.72 Å². The Hall–Kier alpha value is -0.780. The predicted octanol–water partition coefficient (Wildman–Crippen LogP) is 2.18. The zero-order valence-electron chi connectivity index (χ0n) is 9.86. The van der Waals surface area contributed by atoms with E-state index in [1.54, 1.807) is 25.1 Å². The van der Waals surface area contributed by atoms with Crippen molar-refractivity contribution in [1.82, 2.24) is 4.72 Å². The Morgan fingerprint density at radius 3 is 2.59 bits per heavy atom. The SMILES string of the molecule is CCOc1ccc(CNS(=O)(=O)CC)cc1Cl. The average Bonchev–Trinajstić information content (AvgIpc) is 2.30. The number of rotatable bonds is 6. The molecule has 6 heteroatoms. The van der Waals surface area contributed by atoms with Crippen molar-refractivity contribution in [2.24, 2.45) is 0 Å². The van der Waals surface area contributed by atoms with Crippen LogP contribution in [0.25, 0.3) is 0 Å². The van der Waals surface area contributed by atoms with Crippen molar-refractivity contribution < 1.29 is 13.2 Å². The molecule has 0 amide bonds. The summed E-state index contributed by atoms with van der Waals surface area (Å²) in [6, 6.07) is 5.22. The fourth-order valence-electron chi connectivity index (χ4n) is 1.22. The van der Waals surface area contributed by atoms with Gasteiger partial charge in [0.2, 0.25) is 10.0 Å². The highest BCUT2D eigenvalue weighted by Crippen LogP contribution is 2.25. The average molecular weight is 278 g/mol. The molecular weight excluding hydrogens is 262 g/mol. The molecule has 0 spiro atoms.